The Morgan fingerprint density at radius 1 is 1.25 bits per heavy atom. The van der Waals surface area contributed by atoms with E-state index in [1.807, 2.05) is 13.8 Å². The lowest BCUT2D eigenvalue weighted by molar-refractivity contribution is -0.150. The van der Waals surface area contributed by atoms with Crippen LogP contribution in [0.3, 0.4) is 0 Å². The molecule has 0 aromatic carbocycles. The summed E-state index contributed by atoms with van der Waals surface area (Å²) < 4.78 is 5.45. The molecule has 20 heavy (non-hydrogen) atoms. The topological polar surface area (TPSA) is 58.6 Å². The van der Waals surface area contributed by atoms with E-state index in [0.29, 0.717) is 38.5 Å². The van der Waals surface area contributed by atoms with Crippen LogP contribution in [0.25, 0.3) is 0 Å². The van der Waals surface area contributed by atoms with E-state index in [1.165, 1.54) is 0 Å². The molecule has 116 valence electrons. The summed E-state index contributed by atoms with van der Waals surface area (Å²) in [7, 11) is 0. The van der Waals surface area contributed by atoms with Gasteiger partial charge >= 0.3 is 0 Å². The molecule has 1 saturated heterocycles. The third-order valence-electron chi connectivity index (χ3n) is 3.50. The Kier molecular flexibility index (Phi) is 6.99. The van der Waals surface area contributed by atoms with Crippen LogP contribution in [0.4, 0.5) is 0 Å². The molecule has 1 heterocycles. The Labute approximate surface area is 122 Å². The van der Waals surface area contributed by atoms with Gasteiger partial charge in [-0.25, -0.2) is 0 Å². The summed E-state index contributed by atoms with van der Waals surface area (Å²) in [6.07, 6.45) is 2.29. The number of hydrogen-bond acceptors (Lipinski definition) is 3. The number of carbonyl (C=O) groups is 2. The Morgan fingerprint density at radius 3 is 2.50 bits per heavy atom. The average molecular weight is 284 g/mol. The minimum absolute atomic E-state index is 0.0326. The number of piperazine rings is 1. The van der Waals surface area contributed by atoms with E-state index >= 15 is 0 Å². The van der Waals surface area contributed by atoms with Gasteiger partial charge in [0.05, 0.1) is 6.61 Å². The standard InChI is InChI=1S/C15H28N2O3/c1-5-8-20-9-7-17-13(6-2)14(18)16-12(15(17)19)10-11(3)4/h11-13H,5-10H2,1-4H3,(H,16,18). The van der Waals surface area contributed by atoms with Crippen LogP contribution in [0.5, 0.6) is 0 Å². The first-order valence-electron chi connectivity index (χ1n) is 7.69. The quantitative estimate of drug-likeness (QED) is 0.688. The summed E-state index contributed by atoms with van der Waals surface area (Å²) in [6.45, 7) is 9.78. The highest BCUT2D eigenvalue weighted by Gasteiger charge is 2.39. The Bertz CT molecular complexity index is 331. The van der Waals surface area contributed by atoms with E-state index in [9.17, 15) is 9.59 Å². The van der Waals surface area contributed by atoms with Crippen molar-refractivity contribution in [3.8, 4) is 0 Å². The van der Waals surface area contributed by atoms with Crippen molar-refractivity contribution >= 4 is 11.8 Å². The number of rotatable bonds is 8. The summed E-state index contributed by atoms with van der Waals surface area (Å²) in [6, 6.07) is -0.729. The van der Waals surface area contributed by atoms with E-state index in [-0.39, 0.29) is 23.9 Å². The molecule has 0 spiro atoms. The third-order valence-corrected chi connectivity index (χ3v) is 3.50. The van der Waals surface area contributed by atoms with Gasteiger partial charge in [-0.05, 0) is 25.2 Å². The van der Waals surface area contributed by atoms with E-state index in [1.54, 1.807) is 4.90 Å². The SMILES string of the molecule is CCCOCCN1C(=O)C(CC(C)C)NC(=O)C1CC. The molecule has 1 N–H and O–H groups in total. The first-order valence-corrected chi connectivity index (χ1v) is 7.69. The maximum absolute atomic E-state index is 12.5. The van der Waals surface area contributed by atoms with Gasteiger partial charge in [-0.3, -0.25) is 9.59 Å². The Hall–Kier alpha value is -1.10. The monoisotopic (exact) mass is 284 g/mol. The maximum atomic E-state index is 12.5. The molecular weight excluding hydrogens is 256 g/mol. The van der Waals surface area contributed by atoms with Gasteiger partial charge in [0.1, 0.15) is 12.1 Å². The molecule has 2 unspecified atom stereocenters. The van der Waals surface area contributed by atoms with Crippen LogP contribution in [0.2, 0.25) is 0 Å². The molecule has 2 atom stereocenters. The first-order chi connectivity index (χ1) is 9.51. The first kappa shape index (κ1) is 17.0. The fourth-order valence-corrected chi connectivity index (χ4v) is 2.54. The van der Waals surface area contributed by atoms with Crippen molar-refractivity contribution < 1.29 is 14.3 Å². The largest absolute Gasteiger partial charge is 0.380 e. The van der Waals surface area contributed by atoms with Crippen LogP contribution in [0.1, 0.15) is 47.0 Å². The minimum atomic E-state index is -0.378. The summed E-state index contributed by atoms with van der Waals surface area (Å²) in [5, 5.41) is 2.86. The minimum Gasteiger partial charge on any atom is -0.380 e. The van der Waals surface area contributed by atoms with Crippen molar-refractivity contribution in [2.75, 3.05) is 19.8 Å². The van der Waals surface area contributed by atoms with Crippen LogP contribution < -0.4 is 5.32 Å². The second kappa shape index (κ2) is 8.25. The van der Waals surface area contributed by atoms with Gasteiger partial charge in [0.2, 0.25) is 11.8 Å². The maximum Gasteiger partial charge on any atom is 0.245 e. The Balaban J connectivity index is 2.67. The molecule has 0 radical (unpaired) electrons. The molecule has 0 aromatic rings. The summed E-state index contributed by atoms with van der Waals surface area (Å²) >= 11 is 0. The molecule has 2 amide bonds. The van der Waals surface area contributed by atoms with Crippen molar-refractivity contribution in [3.63, 3.8) is 0 Å². The average Bonchev–Trinajstić information content (AvgIpc) is 2.39. The van der Waals surface area contributed by atoms with Crippen molar-refractivity contribution in [3.05, 3.63) is 0 Å². The third kappa shape index (κ3) is 4.47. The van der Waals surface area contributed by atoms with E-state index < -0.39 is 0 Å². The van der Waals surface area contributed by atoms with Crippen LogP contribution in [-0.2, 0) is 14.3 Å². The molecule has 1 aliphatic heterocycles. The van der Waals surface area contributed by atoms with Gasteiger partial charge in [-0.1, -0.05) is 27.7 Å². The predicted molar refractivity (Wildman–Crippen MR) is 78.3 cm³/mol. The van der Waals surface area contributed by atoms with Crippen molar-refractivity contribution in [2.45, 2.75) is 59.0 Å². The molecule has 1 rings (SSSR count). The molecule has 1 aliphatic rings. The summed E-state index contributed by atoms with van der Waals surface area (Å²) in [5.41, 5.74) is 0. The number of hydrogen-bond donors (Lipinski definition) is 1. The smallest absolute Gasteiger partial charge is 0.245 e. The van der Waals surface area contributed by atoms with Crippen LogP contribution >= 0.6 is 0 Å². The fraction of sp³-hybridized carbons (Fsp3) is 0.867. The molecule has 5 nitrogen and oxygen atoms in total. The van der Waals surface area contributed by atoms with Crippen molar-refractivity contribution in [1.82, 2.24) is 10.2 Å². The number of ether oxygens (including phenoxy) is 1. The lowest BCUT2D eigenvalue weighted by Crippen LogP contribution is -2.63. The van der Waals surface area contributed by atoms with Crippen LogP contribution in [-0.4, -0.2) is 48.6 Å². The van der Waals surface area contributed by atoms with Gasteiger partial charge in [0.25, 0.3) is 0 Å². The van der Waals surface area contributed by atoms with Gasteiger partial charge in [-0.2, -0.15) is 0 Å². The molecule has 0 bridgehead atoms. The zero-order valence-electron chi connectivity index (χ0n) is 13.1. The number of nitrogens with one attached hydrogen (secondary N) is 1. The zero-order chi connectivity index (χ0) is 15.1. The zero-order valence-corrected chi connectivity index (χ0v) is 13.1. The van der Waals surface area contributed by atoms with Gasteiger partial charge < -0.3 is 15.0 Å². The van der Waals surface area contributed by atoms with Gasteiger partial charge in [0, 0.05) is 13.2 Å². The molecule has 0 aromatic heterocycles. The summed E-state index contributed by atoms with van der Waals surface area (Å²) in [5.74, 6) is 0.374. The second-order valence-electron chi connectivity index (χ2n) is 5.76. The molecule has 1 fully saturated rings. The lowest BCUT2D eigenvalue weighted by atomic mass is 9.98. The Morgan fingerprint density at radius 2 is 1.95 bits per heavy atom. The molecular formula is C15H28N2O3. The fourth-order valence-electron chi connectivity index (χ4n) is 2.54. The van der Waals surface area contributed by atoms with Crippen LogP contribution in [0, 0.1) is 5.92 Å². The molecule has 0 aliphatic carbocycles. The predicted octanol–water partition coefficient (Wildman–Crippen LogP) is 1.56. The highest BCUT2D eigenvalue weighted by atomic mass is 16.5. The van der Waals surface area contributed by atoms with Crippen molar-refractivity contribution in [1.29, 1.82) is 0 Å². The number of carbonyl (C=O) groups excluding carboxylic acids is 2. The summed E-state index contributed by atoms with van der Waals surface area (Å²) in [4.78, 5) is 26.3. The van der Waals surface area contributed by atoms with Gasteiger partial charge in [0.15, 0.2) is 0 Å². The number of nitrogens with zero attached hydrogens (tertiary/aromatic N) is 1. The van der Waals surface area contributed by atoms with Crippen molar-refractivity contribution in [2.24, 2.45) is 5.92 Å². The van der Waals surface area contributed by atoms with E-state index in [2.05, 4.69) is 19.2 Å². The van der Waals surface area contributed by atoms with Gasteiger partial charge in [-0.15, -0.1) is 0 Å². The lowest BCUT2D eigenvalue weighted by Gasteiger charge is -2.39. The highest BCUT2D eigenvalue weighted by molar-refractivity contribution is 5.96. The highest BCUT2D eigenvalue weighted by Crippen LogP contribution is 2.17. The normalized spacial score (nSPS) is 23.4. The van der Waals surface area contributed by atoms with E-state index in [0.717, 1.165) is 6.42 Å². The second-order valence-corrected chi connectivity index (χ2v) is 5.76. The molecule has 5 heteroatoms. The van der Waals surface area contributed by atoms with Crippen LogP contribution in [0.15, 0.2) is 0 Å². The number of amides is 2. The van der Waals surface area contributed by atoms with E-state index in [4.69, 9.17) is 4.74 Å². The molecule has 0 saturated carbocycles.